The molecule has 0 saturated heterocycles. The molecule has 0 spiro atoms. The van der Waals surface area contributed by atoms with E-state index in [-0.39, 0.29) is 10.6 Å². The molecular formula is C16H16N2O2S. The topological polar surface area (TPSA) is 55.5 Å². The smallest absolute Gasteiger partial charge is 0.258 e. The largest absolute Gasteiger partial charge is 0.278 e. The molecule has 0 unspecified atom stereocenters. The van der Waals surface area contributed by atoms with Crippen LogP contribution in [-0.2, 0) is 0 Å². The zero-order valence-electron chi connectivity index (χ0n) is 11.9. The van der Waals surface area contributed by atoms with Crippen LogP contribution in [0.4, 0.5) is 11.4 Å². The van der Waals surface area contributed by atoms with E-state index in [0.29, 0.717) is 5.56 Å². The zero-order valence-corrected chi connectivity index (χ0v) is 12.8. The van der Waals surface area contributed by atoms with E-state index in [1.54, 1.807) is 30.1 Å². The number of nitro benzene ring substituents is 1. The van der Waals surface area contributed by atoms with Gasteiger partial charge in [-0.1, -0.05) is 25.1 Å². The molecule has 0 heterocycles. The van der Waals surface area contributed by atoms with E-state index in [9.17, 15) is 10.1 Å². The number of thioether (sulfide) groups is 1. The van der Waals surface area contributed by atoms with Gasteiger partial charge in [0, 0.05) is 17.2 Å². The van der Waals surface area contributed by atoms with Crippen LogP contribution in [-0.4, -0.2) is 16.9 Å². The van der Waals surface area contributed by atoms with E-state index >= 15 is 0 Å². The summed E-state index contributed by atoms with van der Waals surface area (Å²) in [5.41, 5.74) is 2.29. The predicted molar refractivity (Wildman–Crippen MR) is 87.9 cm³/mol. The van der Waals surface area contributed by atoms with E-state index in [1.807, 2.05) is 37.3 Å². The fourth-order valence-electron chi connectivity index (χ4n) is 1.90. The average Bonchev–Trinajstić information content (AvgIpc) is 2.47. The van der Waals surface area contributed by atoms with E-state index in [2.05, 4.69) is 11.9 Å². The van der Waals surface area contributed by atoms with Crippen LogP contribution in [0.25, 0.3) is 0 Å². The van der Waals surface area contributed by atoms with Gasteiger partial charge in [-0.05, 0) is 36.4 Å². The maximum Gasteiger partial charge on any atom is 0.278 e. The summed E-state index contributed by atoms with van der Waals surface area (Å²) in [5.74, 6) is 0.956. The van der Waals surface area contributed by atoms with Crippen molar-refractivity contribution < 1.29 is 4.92 Å². The molecule has 0 N–H and O–H groups in total. The number of rotatable bonds is 5. The molecule has 0 aliphatic heterocycles. The number of aryl methyl sites for hydroxylation is 1. The Morgan fingerprint density at radius 1 is 1.29 bits per heavy atom. The quantitative estimate of drug-likeness (QED) is 0.346. The molecule has 2 aromatic carbocycles. The molecular weight excluding hydrogens is 284 g/mol. The Bertz CT molecular complexity index is 684. The van der Waals surface area contributed by atoms with Crippen LogP contribution < -0.4 is 0 Å². The molecule has 108 valence electrons. The molecule has 5 heteroatoms. The van der Waals surface area contributed by atoms with Crippen molar-refractivity contribution in [3.63, 3.8) is 0 Å². The SMILES string of the molecule is CCSc1ccccc1/N=C/c1ccc(C)cc1[N+](=O)[O-]. The molecule has 0 radical (unpaired) electrons. The minimum atomic E-state index is -0.374. The summed E-state index contributed by atoms with van der Waals surface area (Å²) in [6.07, 6.45) is 1.56. The number of nitro groups is 1. The molecule has 0 aliphatic rings. The Balaban J connectivity index is 2.36. The summed E-state index contributed by atoms with van der Waals surface area (Å²) in [4.78, 5) is 16.2. The third kappa shape index (κ3) is 3.92. The third-order valence-corrected chi connectivity index (χ3v) is 3.84. The molecule has 0 bridgehead atoms. The number of nitrogens with zero attached hydrogens (tertiary/aromatic N) is 2. The van der Waals surface area contributed by atoms with Gasteiger partial charge in [0.1, 0.15) is 0 Å². The highest BCUT2D eigenvalue weighted by Crippen LogP contribution is 2.29. The van der Waals surface area contributed by atoms with Gasteiger partial charge in [-0.2, -0.15) is 0 Å². The van der Waals surface area contributed by atoms with Gasteiger partial charge < -0.3 is 0 Å². The third-order valence-electron chi connectivity index (χ3n) is 2.89. The Kier molecular flexibility index (Phi) is 5.11. The van der Waals surface area contributed by atoms with E-state index in [0.717, 1.165) is 21.9 Å². The van der Waals surface area contributed by atoms with Crippen molar-refractivity contribution in [2.75, 3.05) is 5.75 Å². The van der Waals surface area contributed by atoms with Gasteiger partial charge in [-0.25, -0.2) is 0 Å². The summed E-state index contributed by atoms with van der Waals surface area (Å²) in [7, 11) is 0. The second-order valence-corrected chi connectivity index (χ2v) is 5.78. The standard InChI is InChI=1S/C16H16N2O2S/c1-3-21-16-7-5-4-6-14(16)17-11-13-9-8-12(2)10-15(13)18(19)20/h4-11H,3H2,1-2H3/b17-11+. The molecule has 4 nitrogen and oxygen atoms in total. The summed E-state index contributed by atoms with van der Waals surface area (Å²) in [5, 5.41) is 11.1. The number of hydrogen-bond donors (Lipinski definition) is 0. The molecule has 2 aromatic rings. The first-order valence-corrected chi connectivity index (χ1v) is 7.61. The first-order chi connectivity index (χ1) is 10.1. The monoisotopic (exact) mass is 300 g/mol. The lowest BCUT2D eigenvalue weighted by Crippen LogP contribution is -1.95. The minimum Gasteiger partial charge on any atom is -0.258 e. The predicted octanol–water partition coefficient (Wildman–Crippen LogP) is 4.77. The van der Waals surface area contributed by atoms with Crippen molar-refractivity contribution >= 4 is 29.4 Å². The molecule has 0 fully saturated rings. The van der Waals surface area contributed by atoms with Gasteiger partial charge in [0.15, 0.2) is 0 Å². The van der Waals surface area contributed by atoms with Crippen molar-refractivity contribution in [3.05, 3.63) is 63.7 Å². The number of hydrogen-bond acceptors (Lipinski definition) is 4. The van der Waals surface area contributed by atoms with Crippen LogP contribution in [0, 0.1) is 17.0 Å². The van der Waals surface area contributed by atoms with Crippen LogP contribution in [0.2, 0.25) is 0 Å². The average molecular weight is 300 g/mol. The van der Waals surface area contributed by atoms with Gasteiger partial charge in [-0.15, -0.1) is 11.8 Å². The normalized spacial score (nSPS) is 11.0. The summed E-state index contributed by atoms with van der Waals surface area (Å²) in [6, 6.07) is 12.9. The molecule has 21 heavy (non-hydrogen) atoms. The first kappa shape index (κ1) is 15.3. The van der Waals surface area contributed by atoms with Gasteiger partial charge in [-0.3, -0.25) is 15.1 Å². The van der Waals surface area contributed by atoms with Crippen molar-refractivity contribution in [3.8, 4) is 0 Å². The van der Waals surface area contributed by atoms with Gasteiger partial charge in [0.05, 0.1) is 16.2 Å². The van der Waals surface area contributed by atoms with Gasteiger partial charge in [0.25, 0.3) is 5.69 Å². The molecule has 0 atom stereocenters. The summed E-state index contributed by atoms with van der Waals surface area (Å²) in [6.45, 7) is 3.91. The van der Waals surface area contributed by atoms with E-state index in [1.165, 1.54) is 0 Å². The number of benzene rings is 2. The Morgan fingerprint density at radius 2 is 2.05 bits per heavy atom. The number of para-hydroxylation sites is 1. The van der Waals surface area contributed by atoms with Crippen LogP contribution in [0.3, 0.4) is 0 Å². The van der Waals surface area contributed by atoms with E-state index < -0.39 is 0 Å². The Hall–Kier alpha value is -2.14. The second kappa shape index (κ2) is 7.04. The van der Waals surface area contributed by atoms with Gasteiger partial charge in [0.2, 0.25) is 0 Å². The molecule has 0 amide bonds. The highest BCUT2D eigenvalue weighted by molar-refractivity contribution is 7.99. The van der Waals surface area contributed by atoms with Crippen LogP contribution in [0.15, 0.2) is 52.4 Å². The second-order valence-electron chi connectivity index (χ2n) is 4.48. The Morgan fingerprint density at radius 3 is 2.76 bits per heavy atom. The molecule has 0 aromatic heterocycles. The molecule has 0 aliphatic carbocycles. The molecule has 0 saturated carbocycles. The lowest BCUT2D eigenvalue weighted by atomic mass is 10.1. The first-order valence-electron chi connectivity index (χ1n) is 6.62. The lowest BCUT2D eigenvalue weighted by Gasteiger charge is -2.03. The maximum absolute atomic E-state index is 11.1. The fourth-order valence-corrected chi connectivity index (χ4v) is 2.66. The molecule has 2 rings (SSSR count). The maximum atomic E-state index is 11.1. The Labute approximate surface area is 128 Å². The van der Waals surface area contributed by atoms with Crippen molar-refractivity contribution in [2.24, 2.45) is 4.99 Å². The zero-order chi connectivity index (χ0) is 15.2. The fraction of sp³-hybridized carbons (Fsp3) is 0.188. The van der Waals surface area contributed by atoms with Crippen LogP contribution >= 0.6 is 11.8 Å². The summed E-state index contributed by atoms with van der Waals surface area (Å²) >= 11 is 1.70. The van der Waals surface area contributed by atoms with Crippen molar-refractivity contribution in [1.82, 2.24) is 0 Å². The van der Waals surface area contributed by atoms with Crippen molar-refractivity contribution in [2.45, 2.75) is 18.7 Å². The van der Waals surface area contributed by atoms with Crippen LogP contribution in [0.1, 0.15) is 18.1 Å². The lowest BCUT2D eigenvalue weighted by molar-refractivity contribution is -0.385. The van der Waals surface area contributed by atoms with Gasteiger partial charge >= 0.3 is 0 Å². The minimum absolute atomic E-state index is 0.0828. The van der Waals surface area contributed by atoms with E-state index in [4.69, 9.17) is 0 Å². The van der Waals surface area contributed by atoms with Crippen LogP contribution in [0.5, 0.6) is 0 Å². The highest BCUT2D eigenvalue weighted by Gasteiger charge is 2.11. The number of aliphatic imine (C=N–C) groups is 1. The summed E-state index contributed by atoms with van der Waals surface area (Å²) < 4.78 is 0. The highest BCUT2D eigenvalue weighted by atomic mass is 32.2. The van der Waals surface area contributed by atoms with Crippen molar-refractivity contribution in [1.29, 1.82) is 0 Å².